The van der Waals surface area contributed by atoms with Gasteiger partial charge in [-0.3, -0.25) is 0 Å². The van der Waals surface area contributed by atoms with Gasteiger partial charge in [0.1, 0.15) is 0 Å². The molecule has 0 aromatic heterocycles. The topological polar surface area (TPSA) is 29.3 Å². The molecule has 1 unspecified atom stereocenters. The second kappa shape index (κ2) is 7.17. The van der Waals surface area contributed by atoms with Crippen molar-refractivity contribution in [1.82, 2.24) is 0 Å². The highest BCUT2D eigenvalue weighted by atomic mass is 35.5. The molecule has 0 heterocycles. The lowest BCUT2D eigenvalue weighted by Crippen LogP contribution is -2.22. The molecule has 0 fully saturated rings. The SMILES string of the molecule is CC(N)Cc1c(Cl)cccc1N(C)Cc1cccc(Cl)c1. The summed E-state index contributed by atoms with van der Waals surface area (Å²) < 4.78 is 0. The molecule has 0 spiro atoms. The second-order valence-corrected chi connectivity index (χ2v) is 6.25. The maximum atomic E-state index is 6.34. The van der Waals surface area contributed by atoms with Crippen LogP contribution in [-0.4, -0.2) is 13.1 Å². The molecule has 21 heavy (non-hydrogen) atoms. The van der Waals surface area contributed by atoms with Crippen LogP contribution in [0.15, 0.2) is 42.5 Å². The van der Waals surface area contributed by atoms with Crippen molar-refractivity contribution < 1.29 is 0 Å². The van der Waals surface area contributed by atoms with Gasteiger partial charge in [-0.15, -0.1) is 0 Å². The number of anilines is 1. The standard InChI is InChI=1S/C17H20Cl2N2/c1-12(20)9-15-16(19)7-4-8-17(15)21(2)11-13-5-3-6-14(18)10-13/h3-8,10,12H,9,11,20H2,1-2H3. The highest BCUT2D eigenvalue weighted by Gasteiger charge is 2.13. The van der Waals surface area contributed by atoms with E-state index in [2.05, 4.69) is 24.1 Å². The van der Waals surface area contributed by atoms with Crippen LogP contribution in [-0.2, 0) is 13.0 Å². The smallest absolute Gasteiger partial charge is 0.0459 e. The molecule has 0 saturated heterocycles. The van der Waals surface area contributed by atoms with Crippen molar-refractivity contribution in [3.8, 4) is 0 Å². The third-order valence-electron chi connectivity index (χ3n) is 3.34. The lowest BCUT2D eigenvalue weighted by atomic mass is 10.0. The molecule has 0 aliphatic carbocycles. The molecule has 2 aromatic rings. The van der Waals surface area contributed by atoms with Crippen LogP contribution in [0.5, 0.6) is 0 Å². The predicted molar refractivity (Wildman–Crippen MR) is 92.4 cm³/mol. The molecule has 0 bridgehead atoms. The summed E-state index contributed by atoms with van der Waals surface area (Å²) in [6.07, 6.45) is 0.759. The van der Waals surface area contributed by atoms with Crippen LogP contribution in [0.25, 0.3) is 0 Å². The van der Waals surface area contributed by atoms with E-state index in [9.17, 15) is 0 Å². The zero-order chi connectivity index (χ0) is 15.4. The van der Waals surface area contributed by atoms with Crippen molar-refractivity contribution in [2.24, 2.45) is 5.73 Å². The predicted octanol–water partition coefficient (Wildman–Crippen LogP) is 4.52. The quantitative estimate of drug-likeness (QED) is 0.876. The zero-order valence-electron chi connectivity index (χ0n) is 12.3. The summed E-state index contributed by atoms with van der Waals surface area (Å²) in [6.45, 7) is 2.76. The molecule has 4 heteroatoms. The third-order valence-corrected chi connectivity index (χ3v) is 3.93. The molecule has 0 aliphatic rings. The Bertz CT molecular complexity index is 611. The minimum Gasteiger partial charge on any atom is -0.370 e. The molecule has 0 amide bonds. The lowest BCUT2D eigenvalue weighted by molar-refractivity contribution is 0.734. The van der Waals surface area contributed by atoms with Crippen molar-refractivity contribution in [3.05, 3.63) is 63.6 Å². The van der Waals surface area contributed by atoms with Crippen molar-refractivity contribution in [1.29, 1.82) is 0 Å². The van der Waals surface area contributed by atoms with E-state index in [1.807, 2.05) is 37.3 Å². The van der Waals surface area contributed by atoms with E-state index in [1.165, 1.54) is 0 Å². The summed E-state index contributed by atoms with van der Waals surface area (Å²) in [6, 6.07) is 13.9. The Morgan fingerprint density at radius 1 is 1.14 bits per heavy atom. The maximum Gasteiger partial charge on any atom is 0.0459 e. The highest BCUT2D eigenvalue weighted by Crippen LogP contribution is 2.29. The third kappa shape index (κ3) is 4.37. The van der Waals surface area contributed by atoms with Crippen molar-refractivity contribution in [2.75, 3.05) is 11.9 Å². The number of nitrogens with two attached hydrogens (primary N) is 1. The van der Waals surface area contributed by atoms with Gasteiger partial charge in [0.05, 0.1) is 0 Å². The average molecular weight is 323 g/mol. The number of hydrogen-bond donors (Lipinski definition) is 1. The number of hydrogen-bond acceptors (Lipinski definition) is 2. The molecule has 0 aliphatic heterocycles. The number of halogens is 2. The van der Waals surface area contributed by atoms with Gasteiger partial charge in [0.25, 0.3) is 0 Å². The molecule has 0 saturated carbocycles. The maximum absolute atomic E-state index is 6.34. The second-order valence-electron chi connectivity index (χ2n) is 5.40. The summed E-state index contributed by atoms with van der Waals surface area (Å²) in [5, 5.41) is 1.52. The number of nitrogens with zero attached hydrogens (tertiary/aromatic N) is 1. The van der Waals surface area contributed by atoms with Gasteiger partial charge in [-0.2, -0.15) is 0 Å². The lowest BCUT2D eigenvalue weighted by Gasteiger charge is -2.24. The Hall–Kier alpha value is -1.22. The van der Waals surface area contributed by atoms with Gasteiger partial charge < -0.3 is 10.6 Å². The monoisotopic (exact) mass is 322 g/mol. The minimum absolute atomic E-state index is 0.0724. The van der Waals surface area contributed by atoms with Gasteiger partial charge in [-0.25, -0.2) is 0 Å². The van der Waals surface area contributed by atoms with Gasteiger partial charge in [-0.1, -0.05) is 41.4 Å². The Kier molecular flexibility index (Phi) is 5.51. The van der Waals surface area contributed by atoms with Gasteiger partial charge in [0.2, 0.25) is 0 Å². The Balaban J connectivity index is 2.26. The fraction of sp³-hybridized carbons (Fsp3) is 0.294. The molecular formula is C17H20Cl2N2. The van der Waals surface area contributed by atoms with Gasteiger partial charge >= 0.3 is 0 Å². The Labute approximate surface area is 136 Å². The van der Waals surface area contributed by atoms with E-state index in [1.54, 1.807) is 0 Å². The molecule has 0 radical (unpaired) electrons. The van der Waals surface area contributed by atoms with Crippen LogP contribution in [0.4, 0.5) is 5.69 Å². The fourth-order valence-corrected chi connectivity index (χ4v) is 2.88. The first kappa shape index (κ1) is 16.2. The molecule has 2 rings (SSSR count). The summed E-state index contributed by atoms with van der Waals surface area (Å²) in [7, 11) is 2.05. The summed E-state index contributed by atoms with van der Waals surface area (Å²) in [5.74, 6) is 0. The van der Waals surface area contributed by atoms with Gasteiger partial charge in [0.15, 0.2) is 0 Å². The van der Waals surface area contributed by atoms with Crippen LogP contribution in [0.3, 0.4) is 0 Å². The first-order valence-corrected chi connectivity index (χ1v) is 7.71. The summed E-state index contributed by atoms with van der Waals surface area (Å²) in [4.78, 5) is 2.18. The van der Waals surface area contributed by atoms with E-state index >= 15 is 0 Å². The van der Waals surface area contributed by atoms with Crippen LogP contribution in [0.2, 0.25) is 10.0 Å². The largest absolute Gasteiger partial charge is 0.370 e. The Morgan fingerprint density at radius 2 is 1.86 bits per heavy atom. The van der Waals surface area contributed by atoms with E-state index < -0.39 is 0 Å². The van der Waals surface area contributed by atoms with E-state index in [0.717, 1.165) is 39.8 Å². The summed E-state index contributed by atoms with van der Waals surface area (Å²) in [5.41, 5.74) is 9.31. The van der Waals surface area contributed by atoms with Crippen LogP contribution < -0.4 is 10.6 Å². The van der Waals surface area contributed by atoms with Crippen molar-refractivity contribution in [2.45, 2.75) is 25.9 Å². The Morgan fingerprint density at radius 3 is 2.52 bits per heavy atom. The first-order chi connectivity index (χ1) is 9.97. The van der Waals surface area contributed by atoms with Crippen LogP contribution in [0, 0.1) is 0 Å². The van der Waals surface area contributed by atoms with Crippen LogP contribution >= 0.6 is 23.2 Å². The van der Waals surface area contributed by atoms with Crippen LogP contribution in [0.1, 0.15) is 18.1 Å². The fourth-order valence-electron chi connectivity index (χ4n) is 2.42. The zero-order valence-corrected chi connectivity index (χ0v) is 13.8. The normalized spacial score (nSPS) is 12.2. The van der Waals surface area contributed by atoms with Crippen molar-refractivity contribution >= 4 is 28.9 Å². The molecule has 2 aromatic carbocycles. The molecule has 2 N–H and O–H groups in total. The van der Waals surface area contributed by atoms with Crippen molar-refractivity contribution in [3.63, 3.8) is 0 Å². The average Bonchev–Trinajstić information content (AvgIpc) is 2.40. The number of benzene rings is 2. The highest BCUT2D eigenvalue weighted by molar-refractivity contribution is 6.31. The van der Waals surface area contributed by atoms with Gasteiger partial charge in [-0.05, 0) is 48.7 Å². The van der Waals surface area contributed by atoms with Gasteiger partial charge in [0, 0.05) is 35.4 Å². The minimum atomic E-state index is 0.0724. The molecular weight excluding hydrogens is 303 g/mol. The number of rotatable bonds is 5. The van der Waals surface area contributed by atoms with E-state index in [4.69, 9.17) is 28.9 Å². The first-order valence-electron chi connectivity index (χ1n) is 6.96. The van der Waals surface area contributed by atoms with E-state index in [0.29, 0.717) is 0 Å². The molecule has 1 atom stereocenters. The molecule has 112 valence electrons. The summed E-state index contributed by atoms with van der Waals surface area (Å²) >= 11 is 12.4. The molecule has 2 nitrogen and oxygen atoms in total. The van der Waals surface area contributed by atoms with E-state index in [-0.39, 0.29) is 6.04 Å².